The molecule has 0 unspecified atom stereocenters. The van der Waals surface area contributed by atoms with Crippen LogP contribution in [0, 0.1) is 30.6 Å². The van der Waals surface area contributed by atoms with Crippen LogP contribution in [-0.2, 0) is 0 Å². The van der Waals surface area contributed by atoms with Crippen molar-refractivity contribution in [3.63, 3.8) is 0 Å². The molecular weight excluding hydrogens is 336 g/mol. The van der Waals surface area contributed by atoms with Crippen LogP contribution in [0.5, 0.6) is 0 Å². The highest BCUT2D eigenvalue weighted by Gasteiger charge is 2.21. The maximum Gasteiger partial charge on any atom is 0.0284 e. The van der Waals surface area contributed by atoms with Crippen LogP contribution in [0.25, 0.3) is 0 Å². The van der Waals surface area contributed by atoms with Crippen LogP contribution in [0.4, 0.5) is 0 Å². The van der Waals surface area contributed by atoms with E-state index in [1.807, 2.05) is 0 Å². The smallest absolute Gasteiger partial charge is 0.0284 e. The van der Waals surface area contributed by atoms with Gasteiger partial charge in [0.1, 0.15) is 0 Å². The first-order chi connectivity index (χ1) is 13.5. The Morgan fingerprint density at radius 1 is 0.857 bits per heavy atom. The molecule has 1 saturated carbocycles. The fourth-order valence-electron chi connectivity index (χ4n) is 3.09. The molecule has 0 saturated heterocycles. The zero-order valence-corrected chi connectivity index (χ0v) is 17.4. The van der Waals surface area contributed by atoms with Gasteiger partial charge in [-0.05, 0) is 87.9 Å². The van der Waals surface area contributed by atoms with Crippen LogP contribution in [0.3, 0.4) is 0 Å². The van der Waals surface area contributed by atoms with Crippen molar-refractivity contribution in [1.82, 2.24) is 0 Å². The van der Waals surface area contributed by atoms with Gasteiger partial charge in [0.05, 0.1) is 0 Å². The molecule has 140 valence electrons. The molecule has 3 rings (SSSR count). The van der Waals surface area contributed by atoms with Gasteiger partial charge < -0.3 is 0 Å². The Bertz CT molecular complexity index is 1010. The summed E-state index contributed by atoms with van der Waals surface area (Å²) in [7, 11) is 0. The minimum Gasteiger partial charge on any atom is -0.0764 e. The summed E-state index contributed by atoms with van der Waals surface area (Å²) in [5.74, 6) is 14.0. The molecule has 0 spiro atoms. The average molecular weight is 365 g/mol. The van der Waals surface area contributed by atoms with Gasteiger partial charge in [0.25, 0.3) is 0 Å². The molecule has 28 heavy (non-hydrogen) atoms. The van der Waals surface area contributed by atoms with Gasteiger partial charge in [0.15, 0.2) is 0 Å². The van der Waals surface area contributed by atoms with Crippen LogP contribution in [0.1, 0.15) is 73.8 Å². The van der Waals surface area contributed by atoms with Crippen molar-refractivity contribution in [2.75, 3.05) is 0 Å². The Balaban J connectivity index is 1.88. The monoisotopic (exact) mass is 364 g/mol. The van der Waals surface area contributed by atoms with E-state index in [9.17, 15) is 0 Å². The standard InChI is InChI=1S/C28H28/c1-21(2)8-9-22(3)12-18-27-19-17-25(20-28(27)26-6-5-7-26)16-15-24-13-10-23(4)11-14-24/h8-11,13-14,17,19-20,26H,5-7H2,1-4H3. The molecule has 0 nitrogen and oxygen atoms in total. The lowest BCUT2D eigenvalue weighted by Gasteiger charge is -2.27. The van der Waals surface area contributed by atoms with Crippen LogP contribution < -0.4 is 0 Å². The predicted molar refractivity (Wildman–Crippen MR) is 120 cm³/mol. The number of benzene rings is 2. The van der Waals surface area contributed by atoms with Crippen LogP contribution >= 0.6 is 0 Å². The van der Waals surface area contributed by atoms with Crippen LogP contribution in [0.2, 0.25) is 0 Å². The molecule has 0 aromatic heterocycles. The van der Waals surface area contributed by atoms with E-state index in [0.717, 1.165) is 22.3 Å². The third-order valence-corrected chi connectivity index (χ3v) is 5.06. The van der Waals surface area contributed by atoms with E-state index in [-0.39, 0.29) is 0 Å². The minimum absolute atomic E-state index is 0.632. The summed E-state index contributed by atoms with van der Waals surface area (Å²) >= 11 is 0. The van der Waals surface area contributed by atoms with E-state index < -0.39 is 0 Å². The van der Waals surface area contributed by atoms with E-state index in [2.05, 4.69) is 106 Å². The van der Waals surface area contributed by atoms with Gasteiger partial charge in [0, 0.05) is 16.7 Å². The topological polar surface area (TPSA) is 0 Å². The van der Waals surface area contributed by atoms with Gasteiger partial charge in [-0.1, -0.05) is 65.5 Å². The quantitative estimate of drug-likeness (QED) is 0.400. The maximum atomic E-state index is 3.40. The fraction of sp³-hybridized carbons (Fsp3) is 0.286. The highest BCUT2D eigenvalue weighted by atomic mass is 14.3. The third kappa shape index (κ3) is 5.52. The summed E-state index contributed by atoms with van der Waals surface area (Å²) in [5.41, 5.74) is 8.27. The molecule has 0 radical (unpaired) electrons. The Morgan fingerprint density at radius 2 is 1.54 bits per heavy atom. The second-order valence-electron chi connectivity index (χ2n) is 7.89. The molecule has 0 atom stereocenters. The van der Waals surface area contributed by atoms with Gasteiger partial charge in [-0.15, -0.1) is 0 Å². The lowest BCUT2D eigenvalue weighted by atomic mass is 9.78. The summed E-state index contributed by atoms with van der Waals surface area (Å²) < 4.78 is 0. The molecule has 1 fully saturated rings. The summed E-state index contributed by atoms with van der Waals surface area (Å²) in [6.07, 6.45) is 8.04. The largest absolute Gasteiger partial charge is 0.0764 e. The van der Waals surface area contributed by atoms with Crippen molar-refractivity contribution in [2.24, 2.45) is 0 Å². The summed E-state index contributed by atoms with van der Waals surface area (Å²) in [6, 6.07) is 14.9. The number of allylic oxidation sites excluding steroid dienone is 4. The highest BCUT2D eigenvalue weighted by Crippen LogP contribution is 2.38. The predicted octanol–water partition coefficient (Wildman–Crippen LogP) is 6.93. The van der Waals surface area contributed by atoms with E-state index in [0.29, 0.717) is 5.92 Å². The van der Waals surface area contributed by atoms with Crippen molar-refractivity contribution in [1.29, 1.82) is 0 Å². The number of aryl methyl sites for hydroxylation is 1. The molecule has 0 bridgehead atoms. The lowest BCUT2D eigenvalue weighted by molar-refractivity contribution is 0.419. The highest BCUT2D eigenvalue weighted by molar-refractivity contribution is 5.52. The maximum absolute atomic E-state index is 3.40. The third-order valence-electron chi connectivity index (χ3n) is 5.06. The Morgan fingerprint density at radius 3 is 2.18 bits per heavy atom. The fourth-order valence-corrected chi connectivity index (χ4v) is 3.09. The molecule has 0 amide bonds. The first-order valence-corrected chi connectivity index (χ1v) is 10.1. The van der Waals surface area contributed by atoms with Crippen molar-refractivity contribution in [2.45, 2.75) is 52.9 Å². The van der Waals surface area contributed by atoms with Crippen molar-refractivity contribution < 1.29 is 0 Å². The molecule has 1 aliphatic carbocycles. The van der Waals surface area contributed by atoms with Gasteiger partial charge in [-0.3, -0.25) is 0 Å². The van der Waals surface area contributed by atoms with Crippen molar-refractivity contribution in [3.05, 3.63) is 93.6 Å². The zero-order chi connectivity index (χ0) is 19.9. The second-order valence-corrected chi connectivity index (χ2v) is 7.89. The molecule has 0 heteroatoms. The first-order valence-electron chi connectivity index (χ1n) is 10.1. The van der Waals surface area contributed by atoms with E-state index in [1.54, 1.807) is 0 Å². The average Bonchev–Trinajstić information content (AvgIpc) is 2.64. The Labute approximate surface area is 170 Å². The first kappa shape index (κ1) is 19.8. The Kier molecular flexibility index (Phi) is 6.57. The number of hydrogen-bond acceptors (Lipinski definition) is 0. The van der Waals surface area contributed by atoms with Crippen molar-refractivity contribution in [3.8, 4) is 23.7 Å². The molecular formula is C28H28. The molecule has 2 aromatic carbocycles. The van der Waals surface area contributed by atoms with Gasteiger partial charge in [-0.25, -0.2) is 0 Å². The number of hydrogen-bond donors (Lipinski definition) is 0. The van der Waals surface area contributed by atoms with E-state index >= 15 is 0 Å². The summed E-state index contributed by atoms with van der Waals surface area (Å²) in [4.78, 5) is 0. The second kappa shape index (κ2) is 9.30. The molecule has 0 N–H and O–H groups in total. The van der Waals surface area contributed by atoms with E-state index in [1.165, 1.54) is 36.0 Å². The van der Waals surface area contributed by atoms with Gasteiger partial charge in [-0.2, -0.15) is 0 Å². The van der Waals surface area contributed by atoms with Gasteiger partial charge in [0.2, 0.25) is 0 Å². The van der Waals surface area contributed by atoms with Crippen LogP contribution in [0.15, 0.2) is 65.8 Å². The van der Waals surface area contributed by atoms with E-state index in [4.69, 9.17) is 0 Å². The van der Waals surface area contributed by atoms with Crippen LogP contribution in [-0.4, -0.2) is 0 Å². The number of rotatable bonds is 2. The summed E-state index contributed by atoms with van der Waals surface area (Å²) in [6.45, 7) is 8.36. The zero-order valence-electron chi connectivity index (χ0n) is 17.4. The SMILES string of the molecule is CC(C)=CC=C(C)C#Cc1ccc(C#Cc2ccc(C)cc2)cc1C1CCC1. The normalized spacial score (nSPS) is 13.5. The van der Waals surface area contributed by atoms with Gasteiger partial charge >= 0.3 is 0 Å². The summed E-state index contributed by atoms with van der Waals surface area (Å²) in [5, 5.41) is 0. The minimum atomic E-state index is 0.632. The lowest BCUT2D eigenvalue weighted by Crippen LogP contribution is -2.10. The molecule has 1 aliphatic rings. The van der Waals surface area contributed by atoms with Crippen molar-refractivity contribution >= 4 is 0 Å². The molecule has 2 aromatic rings. The molecule has 0 aliphatic heterocycles. The molecule has 0 heterocycles. The Hall–Kier alpha value is -2.96.